The number of rotatable bonds is 8. The Kier molecular flexibility index (Phi) is 4.60. The van der Waals surface area contributed by atoms with Crippen LogP contribution >= 0.6 is 0 Å². The van der Waals surface area contributed by atoms with Crippen LogP contribution in [0.25, 0.3) is 0 Å². The lowest BCUT2D eigenvalue weighted by molar-refractivity contribution is -0.260. The highest BCUT2D eigenvalue weighted by Crippen LogP contribution is 2.83. The number of hydrogen-bond acceptors (Lipinski definition) is 5. The standard InChI is InChI=1S/C34H41NO4/c1-21-6-4-5-7-24(21)17-38-18-25-15-32-12-13-34(25,37-3)30-33(32)19-31(20-35(29(31)32)16-22-8-9-22)14-23-10-11-26(36-2)28(39-30)27(23)33/h4-7,10-11,22,25,29-30H,8-9,12-20H2,1-3H3. The molecule has 0 aromatic heterocycles. The van der Waals surface area contributed by atoms with Crippen molar-refractivity contribution in [1.29, 1.82) is 0 Å². The zero-order chi connectivity index (χ0) is 26.2. The minimum atomic E-state index is -0.335. The van der Waals surface area contributed by atoms with Crippen molar-refractivity contribution in [1.82, 2.24) is 4.90 Å². The summed E-state index contributed by atoms with van der Waals surface area (Å²) < 4.78 is 26.4. The van der Waals surface area contributed by atoms with Crippen molar-refractivity contribution in [2.45, 2.75) is 81.6 Å². The van der Waals surface area contributed by atoms with Crippen LogP contribution in [0.15, 0.2) is 36.4 Å². The smallest absolute Gasteiger partial charge is 0.165 e. The number of hydrogen-bond donors (Lipinski definition) is 0. The number of aryl methyl sites for hydroxylation is 1. The maximum Gasteiger partial charge on any atom is 0.165 e. The zero-order valence-electron chi connectivity index (χ0n) is 23.6. The molecule has 6 aliphatic carbocycles. The van der Waals surface area contributed by atoms with Gasteiger partial charge in [0.15, 0.2) is 11.5 Å². The van der Waals surface area contributed by atoms with E-state index in [4.69, 9.17) is 18.9 Å². The van der Waals surface area contributed by atoms with E-state index in [1.54, 1.807) is 7.11 Å². The average molecular weight is 528 g/mol. The number of methoxy groups -OCH3 is 2. The van der Waals surface area contributed by atoms with Crippen LogP contribution in [0.1, 0.15) is 60.8 Å². The minimum absolute atomic E-state index is 0.0220. The summed E-state index contributed by atoms with van der Waals surface area (Å²) in [5, 5.41) is 0. The summed E-state index contributed by atoms with van der Waals surface area (Å²) in [5.41, 5.74) is 5.88. The molecular weight excluding hydrogens is 486 g/mol. The molecule has 6 fully saturated rings. The topological polar surface area (TPSA) is 40.2 Å². The first-order valence-corrected chi connectivity index (χ1v) is 15.3. The first kappa shape index (κ1) is 23.6. The molecule has 8 aliphatic rings. The van der Waals surface area contributed by atoms with E-state index >= 15 is 0 Å². The van der Waals surface area contributed by atoms with Gasteiger partial charge in [-0.25, -0.2) is 0 Å². The first-order valence-electron chi connectivity index (χ1n) is 15.3. The fraction of sp³-hybridized carbons (Fsp3) is 0.647. The van der Waals surface area contributed by atoms with Crippen molar-refractivity contribution < 1.29 is 18.9 Å². The van der Waals surface area contributed by atoms with Gasteiger partial charge in [-0.15, -0.1) is 0 Å². The predicted molar refractivity (Wildman–Crippen MR) is 148 cm³/mol. The van der Waals surface area contributed by atoms with Gasteiger partial charge in [0.2, 0.25) is 0 Å². The van der Waals surface area contributed by atoms with Crippen molar-refractivity contribution in [2.75, 3.05) is 33.9 Å². The molecule has 5 heteroatoms. The van der Waals surface area contributed by atoms with E-state index in [0.29, 0.717) is 24.0 Å². The molecule has 7 unspecified atom stereocenters. The Bertz CT molecular complexity index is 1370. The van der Waals surface area contributed by atoms with Gasteiger partial charge >= 0.3 is 0 Å². The van der Waals surface area contributed by atoms with Crippen molar-refractivity contribution in [3.63, 3.8) is 0 Å². The quantitative estimate of drug-likeness (QED) is 0.457. The van der Waals surface area contributed by atoms with Crippen molar-refractivity contribution >= 4 is 0 Å². The Balaban J connectivity index is 1.15. The second kappa shape index (κ2) is 7.60. The van der Waals surface area contributed by atoms with Crippen molar-refractivity contribution in [3.8, 4) is 11.5 Å². The Hall–Kier alpha value is -2.08. The van der Waals surface area contributed by atoms with Crippen LogP contribution < -0.4 is 9.47 Å². The van der Waals surface area contributed by atoms with Gasteiger partial charge in [0.1, 0.15) is 11.7 Å². The fourth-order valence-electron chi connectivity index (χ4n) is 11.4. The number of ether oxygens (including phenoxy) is 4. The highest BCUT2D eigenvalue weighted by molar-refractivity contribution is 5.65. The summed E-state index contributed by atoms with van der Waals surface area (Å²) in [6.07, 6.45) is 8.79. The lowest BCUT2D eigenvalue weighted by Gasteiger charge is -2.68. The van der Waals surface area contributed by atoms with E-state index in [0.717, 1.165) is 30.4 Å². The molecule has 7 atom stereocenters. The van der Waals surface area contributed by atoms with Gasteiger partial charge in [-0.05, 0) is 80.5 Å². The summed E-state index contributed by atoms with van der Waals surface area (Å²) in [7, 11) is 3.73. The van der Waals surface area contributed by atoms with Gasteiger partial charge in [0, 0.05) is 54.0 Å². The van der Waals surface area contributed by atoms with Crippen LogP contribution in [-0.2, 0) is 27.9 Å². The van der Waals surface area contributed by atoms with Gasteiger partial charge in [-0.3, -0.25) is 4.90 Å². The summed E-state index contributed by atoms with van der Waals surface area (Å²) >= 11 is 0. The van der Waals surface area contributed by atoms with Crippen LogP contribution in [0.2, 0.25) is 0 Å². The molecule has 1 saturated heterocycles. The second-order valence-electron chi connectivity index (χ2n) is 14.2. The zero-order valence-corrected chi connectivity index (χ0v) is 23.6. The third kappa shape index (κ3) is 2.65. The third-order valence-corrected chi connectivity index (χ3v) is 12.7. The molecule has 0 radical (unpaired) electrons. The molecule has 10 rings (SSSR count). The second-order valence-corrected chi connectivity index (χ2v) is 14.2. The highest BCUT2D eigenvalue weighted by atomic mass is 16.6. The number of benzene rings is 2. The monoisotopic (exact) mass is 527 g/mol. The molecule has 0 amide bonds. The maximum absolute atomic E-state index is 7.21. The van der Waals surface area contributed by atoms with Crippen LogP contribution in [0, 0.1) is 29.6 Å². The summed E-state index contributed by atoms with van der Waals surface area (Å²) in [6.45, 7) is 6.12. The van der Waals surface area contributed by atoms with Crippen LogP contribution in [0.4, 0.5) is 0 Å². The summed E-state index contributed by atoms with van der Waals surface area (Å²) in [4.78, 5) is 2.93. The molecule has 2 aliphatic heterocycles. The van der Waals surface area contributed by atoms with E-state index in [-0.39, 0.29) is 22.5 Å². The van der Waals surface area contributed by atoms with Gasteiger partial charge in [-0.1, -0.05) is 30.3 Å². The molecule has 2 aromatic rings. The first-order chi connectivity index (χ1) is 19.0. The number of likely N-dealkylation sites (tertiary alicyclic amines) is 1. The molecule has 39 heavy (non-hydrogen) atoms. The molecule has 3 spiro atoms. The van der Waals surface area contributed by atoms with E-state index < -0.39 is 0 Å². The molecule has 0 N–H and O–H groups in total. The SMILES string of the molecule is COc1ccc2c3c1OC1C4(OC)CCC5(CC4COCc4ccccc4C)C4N(CC6CC6)CC4(C2)CC315. The molecule has 2 aromatic carbocycles. The average Bonchev–Trinajstić information content (AvgIpc) is 3.65. The normalized spacial score (nSPS) is 42.1. The molecule has 2 heterocycles. The van der Waals surface area contributed by atoms with E-state index in [2.05, 4.69) is 48.2 Å². The van der Waals surface area contributed by atoms with Crippen molar-refractivity contribution in [3.05, 3.63) is 58.7 Å². The van der Waals surface area contributed by atoms with Gasteiger partial charge < -0.3 is 18.9 Å². The minimum Gasteiger partial charge on any atom is -0.493 e. The van der Waals surface area contributed by atoms with Crippen LogP contribution in [0.3, 0.4) is 0 Å². The van der Waals surface area contributed by atoms with Crippen LogP contribution in [0.5, 0.6) is 11.5 Å². The van der Waals surface area contributed by atoms with Gasteiger partial charge in [0.05, 0.1) is 20.3 Å². The van der Waals surface area contributed by atoms with Gasteiger partial charge in [-0.2, -0.15) is 0 Å². The Labute approximate surface area is 232 Å². The fourth-order valence-corrected chi connectivity index (χ4v) is 11.4. The lowest BCUT2D eigenvalue weighted by Crippen LogP contribution is -2.76. The summed E-state index contributed by atoms with van der Waals surface area (Å²) in [6, 6.07) is 13.8. The Morgan fingerprint density at radius 2 is 1.95 bits per heavy atom. The molecule has 5 saturated carbocycles. The van der Waals surface area contributed by atoms with Gasteiger partial charge in [0.25, 0.3) is 0 Å². The third-order valence-electron chi connectivity index (χ3n) is 12.7. The van der Waals surface area contributed by atoms with Crippen molar-refractivity contribution in [2.24, 2.45) is 22.7 Å². The largest absolute Gasteiger partial charge is 0.493 e. The van der Waals surface area contributed by atoms with Crippen LogP contribution in [-0.4, -0.2) is 56.6 Å². The molecule has 4 bridgehead atoms. The predicted octanol–water partition coefficient (Wildman–Crippen LogP) is 5.44. The molecular formula is C34H41NO4. The Morgan fingerprint density at radius 1 is 1.08 bits per heavy atom. The summed E-state index contributed by atoms with van der Waals surface area (Å²) in [5.74, 6) is 3.16. The Morgan fingerprint density at radius 3 is 2.74 bits per heavy atom. The molecule has 206 valence electrons. The highest BCUT2D eigenvalue weighted by Gasteiger charge is 2.87. The number of fused-ring (bicyclic) bond motifs is 2. The van der Waals surface area contributed by atoms with E-state index in [9.17, 15) is 0 Å². The lowest BCUT2D eigenvalue weighted by atomic mass is 9.41. The number of nitrogens with zero attached hydrogens (tertiary/aromatic N) is 1. The van der Waals surface area contributed by atoms with E-state index in [1.807, 2.05) is 7.11 Å². The van der Waals surface area contributed by atoms with E-state index in [1.165, 1.54) is 73.9 Å². The maximum atomic E-state index is 7.21. The molecule has 5 nitrogen and oxygen atoms in total.